The van der Waals surface area contributed by atoms with Gasteiger partial charge in [0.15, 0.2) is 5.82 Å². The number of aryl methyl sites for hydroxylation is 2. The lowest BCUT2D eigenvalue weighted by Crippen LogP contribution is -2.11. The Balaban J connectivity index is 2.42. The predicted octanol–water partition coefficient (Wildman–Crippen LogP) is 3.95. The maximum Gasteiger partial charge on any atom is 0.341 e. The standard InChI is InChI=1S/C16H17BrN2O2/c1-4-14-12(16(20)21-5-2)9-18-15(19-14)11-7-6-10(3)13(17)8-11/h6-9H,4-5H2,1-3H3. The topological polar surface area (TPSA) is 52.1 Å². The maximum absolute atomic E-state index is 11.9. The summed E-state index contributed by atoms with van der Waals surface area (Å²) in [6.07, 6.45) is 2.20. The number of carbonyl (C=O) groups is 1. The van der Waals surface area contributed by atoms with Crippen molar-refractivity contribution in [1.82, 2.24) is 9.97 Å². The Bertz CT molecular complexity index is 671. The van der Waals surface area contributed by atoms with E-state index in [1.807, 2.05) is 32.0 Å². The maximum atomic E-state index is 11.9. The van der Waals surface area contributed by atoms with Crippen LogP contribution in [0.4, 0.5) is 0 Å². The van der Waals surface area contributed by atoms with Gasteiger partial charge in [-0.15, -0.1) is 0 Å². The molecule has 1 aromatic carbocycles. The number of carbonyl (C=O) groups excluding carboxylic acids is 1. The third-order valence-electron chi connectivity index (χ3n) is 3.13. The highest BCUT2D eigenvalue weighted by Gasteiger charge is 2.15. The van der Waals surface area contributed by atoms with Crippen molar-refractivity contribution in [1.29, 1.82) is 0 Å². The molecule has 0 fully saturated rings. The van der Waals surface area contributed by atoms with Gasteiger partial charge >= 0.3 is 5.97 Å². The normalized spacial score (nSPS) is 10.5. The second-order valence-electron chi connectivity index (χ2n) is 4.59. The summed E-state index contributed by atoms with van der Waals surface area (Å²) in [6, 6.07) is 5.96. The molecule has 0 saturated heterocycles. The van der Waals surface area contributed by atoms with E-state index in [-0.39, 0.29) is 5.97 Å². The molecule has 0 bridgehead atoms. The lowest BCUT2D eigenvalue weighted by molar-refractivity contribution is 0.0524. The van der Waals surface area contributed by atoms with Crippen LogP contribution in [0, 0.1) is 6.92 Å². The predicted molar refractivity (Wildman–Crippen MR) is 85.2 cm³/mol. The first-order valence-electron chi connectivity index (χ1n) is 6.86. The summed E-state index contributed by atoms with van der Waals surface area (Å²) >= 11 is 3.51. The molecular weight excluding hydrogens is 332 g/mol. The molecule has 0 aliphatic heterocycles. The van der Waals surface area contributed by atoms with Crippen LogP contribution in [-0.4, -0.2) is 22.5 Å². The fourth-order valence-electron chi connectivity index (χ4n) is 1.94. The number of rotatable bonds is 4. The third kappa shape index (κ3) is 3.47. The molecule has 0 atom stereocenters. The minimum atomic E-state index is -0.369. The molecule has 1 heterocycles. The van der Waals surface area contributed by atoms with Crippen molar-refractivity contribution in [2.45, 2.75) is 27.2 Å². The molecule has 110 valence electrons. The van der Waals surface area contributed by atoms with E-state index in [1.165, 1.54) is 0 Å². The molecule has 0 radical (unpaired) electrons. The van der Waals surface area contributed by atoms with Gasteiger partial charge < -0.3 is 4.74 Å². The van der Waals surface area contributed by atoms with Crippen molar-refractivity contribution in [3.05, 3.63) is 45.7 Å². The molecule has 0 amide bonds. The lowest BCUT2D eigenvalue weighted by atomic mass is 10.1. The molecule has 0 saturated carbocycles. The summed E-state index contributed by atoms with van der Waals surface area (Å²) in [5, 5.41) is 0. The summed E-state index contributed by atoms with van der Waals surface area (Å²) in [6.45, 7) is 6.10. The first-order valence-corrected chi connectivity index (χ1v) is 7.65. The smallest absolute Gasteiger partial charge is 0.341 e. The monoisotopic (exact) mass is 348 g/mol. The molecule has 2 aromatic rings. The summed E-state index contributed by atoms with van der Waals surface area (Å²) in [5.41, 5.74) is 3.21. The molecule has 5 heteroatoms. The molecule has 0 unspecified atom stereocenters. The van der Waals surface area contributed by atoms with Crippen molar-refractivity contribution in [3.63, 3.8) is 0 Å². The minimum Gasteiger partial charge on any atom is -0.462 e. The quantitative estimate of drug-likeness (QED) is 0.785. The average Bonchev–Trinajstić information content (AvgIpc) is 2.49. The fraction of sp³-hybridized carbons (Fsp3) is 0.312. The Morgan fingerprint density at radius 3 is 2.71 bits per heavy atom. The van der Waals surface area contributed by atoms with Gasteiger partial charge in [-0.25, -0.2) is 14.8 Å². The van der Waals surface area contributed by atoms with Gasteiger partial charge in [0, 0.05) is 16.2 Å². The SMILES string of the molecule is CCOC(=O)c1cnc(-c2ccc(C)c(Br)c2)nc1CC. The van der Waals surface area contributed by atoms with Crippen molar-refractivity contribution >= 4 is 21.9 Å². The van der Waals surface area contributed by atoms with Gasteiger partial charge in [0.25, 0.3) is 0 Å². The number of esters is 1. The lowest BCUT2D eigenvalue weighted by Gasteiger charge is -2.09. The Morgan fingerprint density at radius 1 is 1.33 bits per heavy atom. The highest BCUT2D eigenvalue weighted by atomic mass is 79.9. The van der Waals surface area contributed by atoms with Crippen LogP contribution in [0.25, 0.3) is 11.4 Å². The van der Waals surface area contributed by atoms with E-state index < -0.39 is 0 Å². The van der Waals surface area contributed by atoms with Gasteiger partial charge in [-0.05, 0) is 31.9 Å². The van der Waals surface area contributed by atoms with Crippen molar-refractivity contribution < 1.29 is 9.53 Å². The van der Waals surface area contributed by atoms with Crippen LogP contribution in [0.1, 0.15) is 35.5 Å². The van der Waals surface area contributed by atoms with E-state index >= 15 is 0 Å². The number of hydrogen-bond acceptors (Lipinski definition) is 4. The Morgan fingerprint density at radius 2 is 2.10 bits per heavy atom. The van der Waals surface area contributed by atoms with Crippen LogP contribution in [0.2, 0.25) is 0 Å². The van der Waals surface area contributed by atoms with Gasteiger partial charge in [0.05, 0.1) is 17.9 Å². The van der Waals surface area contributed by atoms with Gasteiger partial charge in [0.1, 0.15) is 0 Å². The van der Waals surface area contributed by atoms with Crippen LogP contribution < -0.4 is 0 Å². The van der Waals surface area contributed by atoms with Crippen LogP contribution in [-0.2, 0) is 11.2 Å². The van der Waals surface area contributed by atoms with Gasteiger partial charge in [-0.1, -0.05) is 35.0 Å². The molecule has 21 heavy (non-hydrogen) atoms. The van der Waals surface area contributed by atoms with Gasteiger partial charge in [0.2, 0.25) is 0 Å². The summed E-state index contributed by atoms with van der Waals surface area (Å²) in [5.74, 6) is 0.242. The number of benzene rings is 1. The van der Waals surface area contributed by atoms with Crippen LogP contribution in [0.15, 0.2) is 28.9 Å². The molecule has 2 rings (SSSR count). The van der Waals surface area contributed by atoms with Crippen molar-refractivity contribution in [2.24, 2.45) is 0 Å². The Hall–Kier alpha value is -1.75. The second kappa shape index (κ2) is 6.80. The van der Waals surface area contributed by atoms with E-state index in [0.717, 1.165) is 15.6 Å². The largest absolute Gasteiger partial charge is 0.462 e. The number of nitrogens with zero attached hydrogens (tertiary/aromatic N) is 2. The summed E-state index contributed by atoms with van der Waals surface area (Å²) in [4.78, 5) is 20.7. The second-order valence-corrected chi connectivity index (χ2v) is 5.45. The van der Waals surface area contributed by atoms with Gasteiger partial charge in [-0.2, -0.15) is 0 Å². The number of ether oxygens (including phenoxy) is 1. The first-order chi connectivity index (χ1) is 10.1. The molecule has 0 spiro atoms. The van der Waals surface area contributed by atoms with Crippen LogP contribution in [0.5, 0.6) is 0 Å². The van der Waals surface area contributed by atoms with E-state index in [1.54, 1.807) is 13.1 Å². The fourth-order valence-corrected chi connectivity index (χ4v) is 2.32. The Labute approximate surface area is 132 Å². The summed E-state index contributed by atoms with van der Waals surface area (Å²) in [7, 11) is 0. The highest BCUT2D eigenvalue weighted by molar-refractivity contribution is 9.10. The minimum absolute atomic E-state index is 0.342. The third-order valence-corrected chi connectivity index (χ3v) is 3.98. The number of aromatic nitrogens is 2. The Kier molecular flexibility index (Phi) is 5.07. The molecule has 0 aliphatic carbocycles. The van der Waals surface area contributed by atoms with Crippen LogP contribution >= 0.6 is 15.9 Å². The number of halogens is 1. The van der Waals surface area contributed by atoms with Crippen molar-refractivity contribution in [3.8, 4) is 11.4 Å². The molecular formula is C16H17BrN2O2. The van der Waals surface area contributed by atoms with E-state index in [9.17, 15) is 4.79 Å². The summed E-state index contributed by atoms with van der Waals surface area (Å²) < 4.78 is 6.03. The zero-order chi connectivity index (χ0) is 15.4. The zero-order valence-corrected chi connectivity index (χ0v) is 13.9. The first kappa shape index (κ1) is 15.6. The van der Waals surface area contributed by atoms with Crippen molar-refractivity contribution in [2.75, 3.05) is 6.61 Å². The average molecular weight is 349 g/mol. The van der Waals surface area contributed by atoms with E-state index in [4.69, 9.17) is 4.74 Å². The zero-order valence-electron chi connectivity index (χ0n) is 12.3. The van der Waals surface area contributed by atoms with E-state index in [0.29, 0.717) is 30.1 Å². The molecule has 0 N–H and O–H groups in total. The van der Waals surface area contributed by atoms with E-state index in [2.05, 4.69) is 25.9 Å². The molecule has 1 aromatic heterocycles. The van der Waals surface area contributed by atoms with Gasteiger partial charge in [-0.3, -0.25) is 0 Å². The highest BCUT2D eigenvalue weighted by Crippen LogP contribution is 2.24. The molecule has 4 nitrogen and oxygen atoms in total. The number of hydrogen-bond donors (Lipinski definition) is 0. The van der Waals surface area contributed by atoms with Crippen LogP contribution in [0.3, 0.4) is 0 Å². The molecule has 0 aliphatic rings.